The Morgan fingerprint density at radius 1 is 1.20 bits per heavy atom. The number of carboxylic acids is 1. The topological polar surface area (TPSA) is 78.9 Å². The number of nitrogens with zero attached hydrogens (tertiary/aromatic N) is 1. The third-order valence-electron chi connectivity index (χ3n) is 2.25. The second-order valence-electron chi connectivity index (χ2n) is 3.49. The Kier molecular flexibility index (Phi) is 4.89. The van der Waals surface area contributed by atoms with E-state index in [0.29, 0.717) is 13.1 Å². The van der Waals surface area contributed by atoms with Crippen LogP contribution in [0.3, 0.4) is 0 Å². The molecule has 2 N–H and O–H groups in total. The van der Waals surface area contributed by atoms with E-state index in [2.05, 4.69) is 10.3 Å². The van der Waals surface area contributed by atoms with Crippen molar-refractivity contribution in [1.29, 1.82) is 0 Å². The van der Waals surface area contributed by atoms with Crippen LogP contribution in [0.15, 0.2) is 0 Å². The normalized spacial score (nSPS) is 16.9. The van der Waals surface area contributed by atoms with E-state index in [1.807, 2.05) is 0 Å². The summed E-state index contributed by atoms with van der Waals surface area (Å²) in [6.45, 7) is 0.907. The molecule has 0 aromatic carbocycles. The predicted molar refractivity (Wildman–Crippen MR) is 52.2 cm³/mol. The standard InChI is InChI=1S/C9H16N2O4/c12-8(13)7-15-10-9(14)11-5-3-1-2-4-6-11/h1-7H2,(H,10,14)(H,12,13). The molecule has 0 aromatic rings. The molecule has 1 rings (SSSR count). The van der Waals surface area contributed by atoms with E-state index in [9.17, 15) is 9.59 Å². The highest BCUT2D eigenvalue weighted by atomic mass is 16.7. The van der Waals surface area contributed by atoms with Crippen molar-refractivity contribution in [2.24, 2.45) is 0 Å². The van der Waals surface area contributed by atoms with Gasteiger partial charge in [0, 0.05) is 13.1 Å². The van der Waals surface area contributed by atoms with Crippen molar-refractivity contribution in [3.05, 3.63) is 0 Å². The second kappa shape index (κ2) is 6.23. The Bertz CT molecular complexity index is 224. The van der Waals surface area contributed by atoms with Crippen molar-refractivity contribution in [3.63, 3.8) is 0 Å². The number of aliphatic carboxylic acids is 1. The SMILES string of the molecule is O=C(O)CONC(=O)N1CCCCCC1. The number of urea groups is 1. The zero-order valence-electron chi connectivity index (χ0n) is 8.57. The van der Waals surface area contributed by atoms with Crippen LogP contribution in [0.2, 0.25) is 0 Å². The van der Waals surface area contributed by atoms with Gasteiger partial charge in [0.2, 0.25) is 0 Å². The molecule has 6 nitrogen and oxygen atoms in total. The Morgan fingerprint density at radius 3 is 2.33 bits per heavy atom. The molecule has 0 aliphatic carbocycles. The third-order valence-corrected chi connectivity index (χ3v) is 2.25. The zero-order chi connectivity index (χ0) is 11.1. The first-order valence-electron chi connectivity index (χ1n) is 5.08. The van der Waals surface area contributed by atoms with Crippen molar-refractivity contribution < 1.29 is 19.5 Å². The molecule has 1 fully saturated rings. The summed E-state index contributed by atoms with van der Waals surface area (Å²) in [5.41, 5.74) is 2.12. The molecule has 1 heterocycles. The van der Waals surface area contributed by atoms with Crippen LogP contribution in [0.1, 0.15) is 25.7 Å². The molecule has 6 heteroatoms. The van der Waals surface area contributed by atoms with Crippen LogP contribution < -0.4 is 5.48 Å². The summed E-state index contributed by atoms with van der Waals surface area (Å²) < 4.78 is 0. The zero-order valence-corrected chi connectivity index (χ0v) is 8.57. The van der Waals surface area contributed by atoms with Gasteiger partial charge < -0.3 is 10.0 Å². The van der Waals surface area contributed by atoms with Crippen molar-refractivity contribution >= 4 is 12.0 Å². The highest BCUT2D eigenvalue weighted by Crippen LogP contribution is 2.09. The number of carboxylic acid groups (broad SMARTS) is 1. The van der Waals surface area contributed by atoms with Gasteiger partial charge >= 0.3 is 12.0 Å². The summed E-state index contributed by atoms with van der Waals surface area (Å²) in [5.74, 6) is -1.11. The van der Waals surface area contributed by atoms with E-state index in [1.165, 1.54) is 0 Å². The Hall–Kier alpha value is -1.30. The largest absolute Gasteiger partial charge is 0.479 e. The summed E-state index contributed by atoms with van der Waals surface area (Å²) in [6, 6.07) is -0.349. The minimum absolute atomic E-state index is 0.349. The van der Waals surface area contributed by atoms with Crippen LogP contribution in [0.5, 0.6) is 0 Å². The van der Waals surface area contributed by atoms with E-state index < -0.39 is 12.6 Å². The van der Waals surface area contributed by atoms with Gasteiger partial charge in [-0.25, -0.2) is 15.1 Å². The van der Waals surface area contributed by atoms with Crippen LogP contribution in [0.25, 0.3) is 0 Å². The number of nitrogens with one attached hydrogen (secondary N) is 1. The molecule has 0 bridgehead atoms. The predicted octanol–water partition coefficient (Wildman–Crippen LogP) is 0.588. The number of likely N-dealkylation sites (tertiary alicyclic amines) is 1. The summed E-state index contributed by atoms with van der Waals surface area (Å²) in [6.07, 6.45) is 4.26. The molecule has 15 heavy (non-hydrogen) atoms. The van der Waals surface area contributed by atoms with Gasteiger partial charge in [0.15, 0.2) is 6.61 Å². The van der Waals surface area contributed by atoms with Crippen LogP contribution in [0.4, 0.5) is 4.79 Å². The minimum atomic E-state index is -1.11. The number of rotatable bonds is 3. The summed E-state index contributed by atoms with van der Waals surface area (Å²) in [4.78, 5) is 27.7. The maximum absolute atomic E-state index is 11.4. The fraction of sp³-hybridized carbons (Fsp3) is 0.778. The van der Waals surface area contributed by atoms with Gasteiger partial charge in [-0.05, 0) is 12.8 Å². The molecule has 0 atom stereocenters. The van der Waals surface area contributed by atoms with E-state index >= 15 is 0 Å². The number of carbonyl (C=O) groups is 2. The fourth-order valence-electron chi connectivity index (χ4n) is 1.50. The lowest BCUT2D eigenvalue weighted by atomic mass is 10.2. The maximum Gasteiger partial charge on any atom is 0.341 e. The number of hydrogen-bond acceptors (Lipinski definition) is 3. The fourth-order valence-corrected chi connectivity index (χ4v) is 1.50. The van der Waals surface area contributed by atoms with Gasteiger partial charge in [-0.15, -0.1) is 0 Å². The second-order valence-corrected chi connectivity index (χ2v) is 3.49. The molecule has 0 aromatic heterocycles. The van der Waals surface area contributed by atoms with E-state index in [-0.39, 0.29) is 6.03 Å². The molecule has 0 spiro atoms. The third kappa shape index (κ3) is 4.64. The lowest BCUT2D eigenvalue weighted by Crippen LogP contribution is -2.41. The van der Waals surface area contributed by atoms with Gasteiger partial charge in [0.25, 0.3) is 0 Å². The lowest BCUT2D eigenvalue weighted by Gasteiger charge is -2.19. The van der Waals surface area contributed by atoms with Gasteiger partial charge in [-0.3, -0.25) is 4.84 Å². The first-order valence-corrected chi connectivity index (χ1v) is 5.08. The Balaban J connectivity index is 2.22. The Labute approximate surface area is 88.1 Å². The average molecular weight is 216 g/mol. The molecule has 1 aliphatic heterocycles. The summed E-state index contributed by atoms with van der Waals surface area (Å²) in [7, 11) is 0. The van der Waals surface area contributed by atoms with Crippen molar-refractivity contribution in [1.82, 2.24) is 10.4 Å². The maximum atomic E-state index is 11.4. The highest BCUT2D eigenvalue weighted by molar-refractivity contribution is 5.73. The minimum Gasteiger partial charge on any atom is -0.479 e. The molecule has 1 aliphatic rings. The van der Waals surface area contributed by atoms with Crippen LogP contribution in [-0.4, -0.2) is 41.7 Å². The molecule has 1 saturated heterocycles. The molecule has 86 valence electrons. The molecular formula is C9H16N2O4. The smallest absolute Gasteiger partial charge is 0.341 e. The van der Waals surface area contributed by atoms with Crippen molar-refractivity contribution in [2.75, 3.05) is 19.7 Å². The highest BCUT2D eigenvalue weighted by Gasteiger charge is 2.15. The number of amides is 2. The molecule has 0 unspecified atom stereocenters. The Morgan fingerprint density at radius 2 is 1.80 bits per heavy atom. The lowest BCUT2D eigenvalue weighted by molar-refractivity contribution is -0.144. The summed E-state index contributed by atoms with van der Waals surface area (Å²) in [5, 5.41) is 8.29. The monoisotopic (exact) mass is 216 g/mol. The van der Waals surface area contributed by atoms with Crippen LogP contribution in [-0.2, 0) is 9.63 Å². The molecule has 2 amide bonds. The van der Waals surface area contributed by atoms with E-state index in [1.54, 1.807) is 4.90 Å². The number of carbonyl (C=O) groups excluding carboxylic acids is 1. The molecule has 0 saturated carbocycles. The van der Waals surface area contributed by atoms with Crippen molar-refractivity contribution in [2.45, 2.75) is 25.7 Å². The van der Waals surface area contributed by atoms with E-state index in [0.717, 1.165) is 25.7 Å². The average Bonchev–Trinajstić information content (AvgIpc) is 2.44. The number of hydroxylamine groups is 1. The first-order chi connectivity index (χ1) is 7.20. The van der Waals surface area contributed by atoms with Crippen LogP contribution >= 0.6 is 0 Å². The van der Waals surface area contributed by atoms with Gasteiger partial charge in [-0.1, -0.05) is 12.8 Å². The summed E-state index contributed by atoms with van der Waals surface area (Å²) >= 11 is 0. The molecular weight excluding hydrogens is 200 g/mol. The van der Waals surface area contributed by atoms with Crippen LogP contribution in [0, 0.1) is 0 Å². The van der Waals surface area contributed by atoms with Gasteiger partial charge in [0.05, 0.1) is 0 Å². The van der Waals surface area contributed by atoms with E-state index in [4.69, 9.17) is 5.11 Å². The van der Waals surface area contributed by atoms with Gasteiger partial charge in [0.1, 0.15) is 0 Å². The molecule has 0 radical (unpaired) electrons. The van der Waals surface area contributed by atoms with Crippen molar-refractivity contribution in [3.8, 4) is 0 Å². The quantitative estimate of drug-likeness (QED) is 0.677. The van der Waals surface area contributed by atoms with Gasteiger partial charge in [-0.2, -0.15) is 0 Å². The number of hydrogen-bond donors (Lipinski definition) is 2. The first kappa shape index (κ1) is 11.8.